The normalized spacial score (nSPS) is 11.2. The van der Waals surface area contributed by atoms with E-state index in [4.69, 9.17) is 0 Å². The van der Waals surface area contributed by atoms with Crippen molar-refractivity contribution in [3.8, 4) is 11.4 Å². The summed E-state index contributed by atoms with van der Waals surface area (Å²) in [6.07, 6.45) is 1.67. The highest BCUT2D eigenvalue weighted by Crippen LogP contribution is 2.25. The third kappa shape index (κ3) is 4.60. The van der Waals surface area contributed by atoms with Gasteiger partial charge in [-0.1, -0.05) is 55.9 Å². The van der Waals surface area contributed by atoms with E-state index >= 15 is 0 Å². The largest absolute Gasteiger partial charge is 0.322 e. The van der Waals surface area contributed by atoms with E-state index in [9.17, 15) is 4.79 Å². The summed E-state index contributed by atoms with van der Waals surface area (Å²) < 4.78 is 3.74. The Morgan fingerprint density at radius 3 is 2.44 bits per heavy atom. The molecule has 4 aromatic rings. The lowest BCUT2D eigenvalue weighted by atomic mass is 10.0. The van der Waals surface area contributed by atoms with Gasteiger partial charge >= 0.3 is 0 Å². The van der Waals surface area contributed by atoms with Crippen molar-refractivity contribution in [2.75, 3.05) is 11.1 Å². The third-order valence-corrected chi connectivity index (χ3v) is 6.19. The molecule has 0 saturated heterocycles. The van der Waals surface area contributed by atoms with Gasteiger partial charge < -0.3 is 5.32 Å². The number of rotatable bonds is 7. The van der Waals surface area contributed by atoms with Gasteiger partial charge in [0.05, 0.1) is 28.5 Å². The molecule has 2 aromatic heterocycles. The number of para-hydroxylation sites is 1. The molecule has 0 aliphatic rings. The number of hydrogen-bond donors (Lipinski definition) is 1. The molecule has 0 atom stereocenters. The zero-order chi connectivity index (χ0) is 22.7. The van der Waals surface area contributed by atoms with Gasteiger partial charge in [0.1, 0.15) is 6.33 Å². The van der Waals surface area contributed by atoms with Crippen LogP contribution < -0.4 is 5.32 Å². The number of nitrogens with one attached hydrogen (secondary N) is 1. The minimum Gasteiger partial charge on any atom is -0.322 e. The summed E-state index contributed by atoms with van der Waals surface area (Å²) in [4.78, 5) is 12.7. The number of hydrogen-bond acceptors (Lipinski definition) is 5. The first-order valence-electron chi connectivity index (χ1n) is 10.5. The topological polar surface area (TPSA) is 77.6 Å². The Bertz CT molecular complexity index is 1210. The number of anilines is 1. The minimum atomic E-state index is -0.112. The predicted molar refractivity (Wildman–Crippen MR) is 128 cm³/mol. The number of amides is 1. The van der Waals surface area contributed by atoms with Gasteiger partial charge in [0.15, 0.2) is 5.16 Å². The average molecular weight is 447 g/mol. The Hall–Kier alpha value is -3.39. The molecular formula is C24H26N6OS. The van der Waals surface area contributed by atoms with E-state index in [0.29, 0.717) is 11.1 Å². The molecule has 1 N–H and O–H groups in total. The molecule has 0 aliphatic carbocycles. The van der Waals surface area contributed by atoms with E-state index in [0.717, 1.165) is 28.5 Å². The second kappa shape index (κ2) is 9.40. The molecule has 0 radical (unpaired) electrons. The van der Waals surface area contributed by atoms with Gasteiger partial charge in [0, 0.05) is 5.69 Å². The molecule has 4 rings (SSSR count). The van der Waals surface area contributed by atoms with E-state index in [1.165, 1.54) is 17.3 Å². The smallest absolute Gasteiger partial charge is 0.234 e. The minimum absolute atomic E-state index is 0.112. The molecule has 1 amide bonds. The molecule has 2 aromatic carbocycles. The van der Waals surface area contributed by atoms with Crippen molar-refractivity contribution in [2.24, 2.45) is 0 Å². The number of nitrogens with zero attached hydrogens (tertiary/aromatic N) is 5. The summed E-state index contributed by atoms with van der Waals surface area (Å²) in [7, 11) is 0. The van der Waals surface area contributed by atoms with Crippen LogP contribution in [0.5, 0.6) is 0 Å². The maximum Gasteiger partial charge on any atom is 0.234 e. The quantitative estimate of drug-likeness (QED) is 0.408. The molecule has 2 heterocycles. The highest BCUT2D eigenvalue weighted by molar-refractivity contribution is 7.99. The highest BCUT2D eigenvalue weighted by atomic mass is 32.2. The van der Waals surface area contributed by atoms with Crippen LogP contribution in [-0.2, 0) is 4.79 Å². The second-order valence-electron chi connectivity index (χ2n) is 7.86. The van der Waals surface area contributed by atoms with E-state index in [1.54, 1.807) is 6.33 Å². The lowest BCUT2D eigenvalue weighted by Gasteiger charge is -2.10. The van der Waals surface area contributed by atoms with Crippen LogP contribution >= 0.6 is 11.8 Å². The number of aryl methyl sites for hydroxylation is 1. The van der Waals surface area contributed by atoms with Gasteiger partial charge in [-0.05, 0) is 49.6 Å². The molecule has 7 nitrogen and oxygen atoms in total. The molecule has 0 aliphatic heterocycles. The fraction of sp³-hybridized carbons (Fsp3) is 0.250. The van der Waals surface area contributed by atoms with Crippen LogP contribution in [0.1, 0.15) is 36.7 Å². The van der Waals surface area contributed by atoms with Crippen LogP contribution in [0, 0.1) is 13.8 Å². The standard InChI is InChI=1S/C24H26N6OS/c1-16(2)19-10-12-20(13-11-19)29-15-25-27-24(29)32-14-22(31)26-23-17(3)28-30(18(23)4)21-8-6-5-7-9-21/h5-13,15-16H,14H2,1-4H3,(H,26,31). The van der Waals surface area contributed by atoms with Crippen molar-refractivity contribution in [3.63, 3.8) is 0 Å². The van der Waals surface area contributed by atoms with Gasteiger partial charge in [-0.3, -0.25) is 9.36 Å². The zero-order valence-electron chi connectivity index (χ0n) is 18.6. The van der Waals surface area contributed by atoms with Gasteiger partial charge in [-0.2, -0.15) is 5.10 Å². The van der Waals surface area contributed by atoms with E-state index in [-0.39, 0.29) is 11.7 Å². The molecule has 32 heavy (non-hydrogen) atoms. The molecule has 0 spiro atoms. The summed E-state index contributed by atoms with van der Waals surface area (Å²) >= 11 is 1.35. The van der Waals surface area contributed by atoms with Crippen LogP contribution in [0.3, 0.4) is 0 Å². The van der Waals surface area contributed by atoms with Crippen LogP contribution in [0.4, 0.5) is 5.69 Å². The SMILES string of the molecule is Cc1nn(-c2ccccc2)c(C)c1NC(=O)CSc1nncn1-c1ccc(C(C)C)cc1. The number of carbonyl (C=O) groups excluding carboxylic acids is 1. The number of thioether (sulfide) groups is 1. The van der Waals surface area contributed by atoms with Gasteiger partial charge in [-0.15, -0.1) is 10.2 Å². The van der Waals surface area contributed by atoms with Crippen molar-refractivity contribution < 1.29 is 4.79 Å². The summed E-state index contributed by atoms with van der Waals surface area (Å²) in [5, 5.41) is 16.5. The number of benzene rings is 2. The first kappa shape index (κ1) is 21.8. The molecule has 8 heteroatoms. The highest BCUT2D eigenvalue weighted by Gasteiger charge is 2.16. The molecule has 0 bridgehead atoms. The summed E-state index contributed by atoms with van der Waals surface area (Å²) in [5.41, 5.74) is 5.61. The molecule has 0 unspecified atom stereocenters. The van der Waals surface area contributed by atoms with Crippen molar-refractivity contribution in [1.29, 1.82) is 0 Å². The van der Waals surface area contributed by atoms with Gasteiger partial charge in [0.25, 0.3) is 0 Å². The van der Waals surface area contributed by atoms with Crippen LogP contribution in [0.2, 0.25) is 0 Å². The van der Waals surface area contributed by atoms with Crippen molar-refractivity contribution >= 4 is 23.4 Å². The van der Waals surface area contributed by atoms with Crippen LogP contribution in [0.15, 0.2) is 66.1 Å². The Kier molecular flexibility index (Phi) is 6.41. The average Bonchev–Trinajstić information content (AvgIpc) is 3.38. The van der Waals surface area contributed by atoms with E-state index in [2.05, 4.69) is 46.6 Å². The number of aromatic nitrogens is 5. The van der Waals surface area contributed by atoms with E-state index in [1.807, 2.05) is 65.6 Å². The van der Waals surface area contributed by atoms with Crippen molar-refractivity contribution in [2.45, 2.75) is 38.8 Å². The first-order chi connectivity index (χ1) is 15.4. The van der Waals surface area contributed by atoms with Crippen molar-refractivity contribution in [3.05, 3.63) is 77.9 Å². The molecule has 164 valence electrons. The van der Waals surface area contributed by atoms with Crippen molar-refractivity contribution in [1.82, 2.24) is 24.5 Å². The summed E-state index contributed by atoms with van der Waals surface area (Å²) in [6, 6.07) is 18.2. The maximum absolute atomic E-state index is 12.7. The Labute approximate surface area is 191 Å². The fourth-order valence-electron chi connectivity index (χ4n) is 3.47. The summed E-state index contributed by atoms with van der Waals surface area (Å²) in [5.74, 6) is 0.581. The predicted octanol–water partition coefficient (Wildman–Crippen LogP) is 4.92. The summed E-state index contributed by atoms with van der Waals surface area (Å²) in [6.45, 7) is 8.18. The zero-order valence-corrected chi connectivity index (χ0v) is 19.4. The molecular weight excluding hydrogens is 420 g/mol. The maximum atomic E-state index is 12.7. The Morgan fingerprint density at radius 2 is 1.75 bits per heavy atom. The lowest BCUT2D eigenvalue weighted by Crippen LogP contribution is -2.15. The molecule has 0 fully saturated rings. The van der Waals surface area contributed by atoms with Gasteiger partial charge in [-0.25, -0.2) is 4.68 Å². The first-order valence-corrected chi connectivity index (χ1v) is 11.5. The van der Waals surface area contributed by atoms with Crippen LogP contribution in [-0.4, -0.2) is 36.2 Å². The lowest BCUT2D eigenvalue weighted by molar-refractivity contribution is -0.113. The molecule has 0 saturated carbocycles. The third-order valence-electron chi connectivity index (χ3n) is 5.24. The van der Waals surface area contributed by atoms with Gasteiger partial charge in [0.2, 0.25) is 5.91 Å². The second-order valence-corrected chi connectivity index (χ2v) is 8.80. The van der Waals surface area contributed by atoms with E-state index < -0.39 is 0 Å². The van der Waals surface area contributed by atoms with Crippen LogP contribution in [0.25, 0.3) is 11.4 Å². The Balaban J connectivity index is 1.44. The Morgan fingerprint density at radius 1 is 1.03 bits per heavy atom. The fourth-order valence-corrected chi connectivity index (χ4v) is 4.20. The monoisotopic (exact) mass is 446 g/mol. The number of carbonyl (C=O) groups is 1.